The lowest BCUT2D eigenvalue weighted by Crippen LogP contribution is -2.30. The molecule has 0 aliphatic rings. The van der Waals surface area contributed by atoms with E-state index in [1.807, 2.05) is 30.3 Å². The fourth-order valence-electron chi connectivity index (χ4n) is 2.58. The van der Waals surface area contributed by atoms with Gasteiger partial charge in [0.05, 0.1) is 11.4 Å². The van der Waals surface area contributed by atoms with Gasteiger partial charge < -0.3 is 0 Å². The van der Waals surface area contributed by atoms with Crippen LogP contribution in [0, 0.1) is 0 Å². The Morgan fingerprint density at radius 1 is 1.08 bits per heavy atom. The second kappa shape index (κ2) is 6.68. The maximum absolute atomic E-state index is 11.9. The van der Waals surface area contributed by atoms with Crippen LogP contribution in [-0.4, -0.2) is 15.7 Å². The third-order valence-electron chi connectivity index (χ3n) is 3.95. The zero-order valence-electron chi connectivity index (χ0n) is 13.7. The fraction of sp³-hybridized carbons (Fsp3) is 0.158. The molecule has 24 heavy (non-hydrogen) atoms. The Morgan fingerprint density at radius 3 is 2.33 bits per heavy atom. The fourth-order valence-corrected chi connectivity index (χ4v) is 2.58. The van der Waals surface area contributed by atoms with Crippen molar-refractivity contribution in [2.24, 2.45) is 5.84 Å². The van der Waals surface area contributed by atoms with Gasteiger partial charge in [-0.05, 0) is 29.7 Å². The zero-order valence-corrected chi connectivity index (χ0v) is 13.7. The normalized spacial score (nSPS) is 10.8. The highest BCUT2D eigenvalue weighted by molar-refractivity contribution is 5.93. The van der Waals surface area contributed by atoms with E-state index in [9.17, 15) is 4.79 Å². The Morgan fingerprint density at radius 2 is 1.75 bits per heavy atom. The summed E-state index contributed by atoms with van der Waals surface area (Å²) in [5, 5.41) is 4.41. The number of hydrazine groups is 1. The second-order valence-corrected chi connectivity index (χ2v) is 5.91. The van der Waals surface area contributed by atoms with E-state index in [0.29, 0.717) is 5.92 Å². The molecule has 0 aliphatic heterocycles. The quantitative estimate of drug-likeness (QED) is 0.440. The number of hydrogen-bond donors (Lipinski definition) is 2. The van der Waals surface area contributed by atoms with Crippen molar-refractivity contribution in [2.45, 2.75) is 19.8 Å². The molecular weight excluding hydrogens is 300 g/mol. The minimum atomic E-state index is -0.412. The van der Waals surface area contributed by atoms with E-state index in [1.165, 1.54) is 5.56 Å². The molecule has 0 spiro atoms. The minimum absolute atomic E-state index is 0.282. The Bertz CT molecular complexity index is 836. The zero-order chi connectivity index (χ0) is 17.1. The summed E-state index contributed by atoms with van der Waals surface area (Å²) in [4.78, 5) is 11.9. The van der Waals surface area contributed by atoms with Gasteiger partial charge in [-0.15, -0.1) is 0 Å². The molecule has 2 aromatic carbocycles. The van der Waals surface area contributed by atoms with Gasteiger partial charge in [0.25, 0.3) is 5.91 Å². The van der Waals surface area contributed by atoms with Crippen LogP contribution in [0.1, 0.15) is 35.8 Å². The SMILES string of the molecule is CC(C)c1ccc(-c2cc(C(=O)NN)nn2-c2ccccc2)cc1. The summed E-state index contributed by atoms with van der Waals surface area (Å²) >= 11 is 0. The summed E-state index contributed by atoms with van der Waals surface area (Å²) in [6.45, 7) is 4.32. The molecule has 0 unspecified atom stereocenters. The van der Waals surface area contributed by atoms with E-state index in [0.717, 1.165) is 16.9 Å². The van der Waals surface area contributed by atoms with Crippen LogP contribution < -0.4 is 11.3 Å². The van der Waals surface area contributed by atoms with Crippen LogP contribution in [0.5, 0.6) is 0 Å². The van der Waals surface area contributed by atoms with Gasteiger partial charge in [0, 0.05) is 5.56 Å². The number of carbonyl (C=O) groups excluding carboxylic acids is 1. The standard InChI is InChI=1S/C19H20N4O/c1-13(2)14-8-10-15(11-9-14)18-12-17(19(24)21-20)22-23(18)16-6-4-3-5-7-16/h3-13H,20H2,1-2H3,(H,21,24). The molecule has 3 aromatic rings. The van der Waals surface area contributed by atoms with Crippen LogP contribution in [0.4, 0.5) is 0 Å². The second-order valence-electron chi connectivity index (χ2n) is 5.91. The van der Waals surface area contributed by atoms with Crippen LogP contribution >= 0.6 is 0 Å². The highest BCUT2D eigenvalue weighted by Crippen LogP contribution is 2.26. The number of nitrogens with one attached hydrogen (secondary N) is 1. The van der Waals surface area contributed by atoms with Gasteiger partial charge in [-0.1, -0.05) is 56.3 Å². The molecule has 5 heteroatoms. The number of nitrogen functional groups attached to an aromatic ring is 1. The van der Waals surface area contributed by atoms with Gasteiger partial charge >= 0.3 is 0 Å². The smallest absolute Gasteiger partial charge is 0.285 e. The van der Waals surface area contributed by atoms with Gasteiger partial charge in [0.1, 0.15) is 0 Å². The average Bonchev–Trinajstić information content (AvgIpc) is 3.07. The molecule has 3 rings (SSSR count). The highest BCUT2D eigenvalue weighted by Gasteiger charge is 2.16. The van der Waals surface area contributed by atoms with Gasteiger partial charge in [-0.2, -0.15) is 5.10 Å². The summed E-state index contributed by atoms with van der Waals surface area (Å²) in [5.41, 5.74) is 6.40. The molecule has 0 fully saturated rings. The third-order valence-corrected chi connectivity index (χ3v) is 3.95. The van der Waals surface area contributed by atoms with Crippen molar-refractivity contribution in [2.75, 3.05) is 0 Å². The number of nitrogens with zero attached hydrogens (tertiary/aromatic N) is 2. The number of para-hydroxylation sites is 1. The molecule has 0 saturated heterocycles. The molecular formula is C19H20N4O. The summed E-state index contributed by atoms with van der Waals surface area (Å²) < 4.78 is 1.76. The van der Waals surface area contributed by atoms with E-state index in [1.54, 1.807) is 10.7 Å². The molecule has 1 amide bonds. The summed E-state index contributed by atoms with van der Waals surface area (Å²) in [6.07, 6.45) is 0. The number of carbonyl (C=O) groups is 1. The summed E-state index contributed by atoms with van der Waals surface area (Å²) in [7, 11) is 0. The Labute approximate surface area is 141 Å². The lowest BCUT2D eigenvalue weighted by molar-refractivity contribution is 0.0948. The van der Waals surface area contributed by atoms with E-state index >= 15 is 0 Å². The number of benzene rings is 2. The number of aromatic nitrogens is 2. The largest absolute Gasteiger partial charge is 0.289 e. The molecule has 0 bridgehead atoms. The van der Waals surface area contributed by atoms with Crippen LogP contribution in [0.3, 0.4) is 0 Å². The van der Waals surface area contributed by atoms with Crippen molar-refractivity contribution in [3.05, 3.63) is 71.9 Å². The predicted octanol–water partition coefficient (Wildman–Crippen LogP) is 3.27. The van der Waals surface area contributed by atoms with Gasteiger partial charge in [-0.3, -0.25) is 10.2 Å². The molecule has 122 valence electrons. The summed E-state index contributed by atoms with van der Waals surface area (Å²) in [5.74, 6) is 5.30. The molecule has 1 heterocycles. The third kappa shape index (κ3) is 3.07. The van der Waals surface area contributed by atoms with Gasteiger partial charge in [0.15, 0.2) is 5.69 Å². The van der Waals surface area contributed by atoms with Crippen LogP contribution in [0.15, 0.2) is 60.7 Å². The topological polar surface area (TPSA) is 72.9 Å². The number of rotatable bonds is 4. The average molecular weight is 320 g/mol. The van der Waals surface area contributed by atoms with E-state index in [-0.39, 0.29) is 5.69 Å². The Balaban J connectivity index is 2.11. The molecule has 1 aromatic heterocycles. The maximum Gasteiger partial charge on any atom is 0.285 e. The van der Waals surface area contributed by atoms with Crippen molar-refractivity contribution in [1.82, 2.24) is 15.2 Å². The maximum atomic E-state index is 11.9. The van der Waals surface area contributed by atoms with Crippen LogP contribution in [0.25, 0.3) is 16.9 Å². The van der Waals surface area contributed by atoms with Gasteiger partial charge in [0.2, 0.25) is 0 Å². The first-order chi connectivity index (χ1) is 11.6. The number of hydrogen-bond acceptors (Lipinski definition) is 3. The van der Waals surface area contributed by atoms with Crippen molar-refractivity contribution in [1.29, 1.82) is 0 Å². The van der Waals surface area contributed by atoms with Crippen molar-refractivity contribution in [3.8, 4) is 16.9 Å². The van der Waals surface area contributed by atoms with E-state index in [2.05, 4.69) is 48.6 Å². The molecule has 0 saturated carbocycles. The molecule has 3 N–H and O–H groups in total. The Kier molecular flexibility index (Phi) is 4.44. The highest BCUT2D eigenvalue weighted by atomic mass is 16.2. The number of nitrogens with two attached hydrogens (primary N) is 1. The lowest BCUT2D eigenvalue weighted by atomic mass is 10.0. The Hall–Kier alpha value is -2.92. The number of amides is 1. The summed E-state index contributed by atoms with van der Waals surface area (Å²) in [6, 6.07) is 19.8. The first-order valence-corrected chi connectivity index (χ1v) is 7.87. The first kappa shape index (κ1) is 16.0. The van der Waals surface area contributed by atoms with Crippen molar-refractivity contribution >= 4 is 5.91 Å². The van der Waals surface area contributed by atoms with Crippen molar-refractivity contribution < 1.29 is 4.79 Å². The van der Waals surface area contributed by atoms with E-state index in [4.69, 9.17) is 5.84 Å². The van der Waals surface area contributed by atoms with E-state index < -0.39 is 5.91 Å². The van der Waals surface area contributed by atoms with Crippen LogP contribution in [0.2, 0.25) is 0 Å². The molecule has 0 atom stereocenters. The van der Waals surface area contributed by atoms with Gasteiger partial charge in [-0.25, -0.2) is 10.5 Å². The first-order valence-electron chi connectivity index (χ1n) is 7.87. The monoisotopic (exact) mass is 320 g/mol. The molecule has 0 radical (unpaired) electrons. The molecule has 0 aliphatic carbocycles. The van der Waals surface area contributed by atoms with Crippen LogP contribution in [-0.2, 0) is 0 Å². The minimum Gasteiger partial charge on any atom is -0.289 e. The lowest BCUT2D eigenvalue weighted by Gasteiger charge is -2.09. The molecule has 5 nitrogen and oxygen atoms in total. The predicted molar refractivity (Wildman–Crippen MR) is 94.7 cm³/mol. The van der Waals surface area contributed by atoms with Crippen molar-refractivity contribution in [3.63, 3.8) is 0 Å².